The van der Waals surface area contributed by atoms with Crippen LogP contribution in [0, 0.1) is 0 Å². The second kappa shape index (κ2) is 6.50. The maximum Gasteiger partial charge on any atom is 0.325 e. The van der Waals surface area contributed by atoms with Gasteiger partial charge >= 0.3 is 5.97 Å². The number of carbonyl (C=O) groups is 1. The van der Waals surface area contributed by atoms with Crippen LogP contribution in [-0.4, -0.2) is 40.8 Å². The van der Waals surface area contributed by atoms with Crippen LogP contribution in [0.2, 0.25) is 0 Å². The lowest BCUT2D eigenvalue weighted by atomic mass is 9.97. The van der Waals surface area contributed by atoms with Crippen molar-refractivity contribution in [2.24, 2.45) is 0 Å². The number of aliphatic hydroxyl groups is 1. The van der Waals surface area contributed by atoms with Gasteiger partial charge < -0.3 is 10.2 Å². The Hall–Kier alpha value is -1.91. The first-order chi connectivity index (χ1) is 9.69. The molecular weight excluding hydrogens is 254 g/mol. The fraction of sp³-hybridized carbons (Fsp3) is 0.312. The van der Waals surface area contributed by atoms with Crippen LogP contribution in [0.1, 0.15) is 18.5 Å². The van der Waals surface area contributed by atoms with E-state index in [2.05, 4.69) is 0 Å². The van der Waals surface area contributed by atoms with Gasteiger partial charge in [0.2, 0.25) is 0 Å². The van der Waals surface area contributed by atoms with Gasteiger partial charge in [-0.15, -0.1) is 0 Å². The van der Waals surface area contributed by atoms with E-state index in [4.69, 9.17) is 5.11 Å². The standard InChI is InChI=1S/C16H19NO3/c1-2-17(10-11-18)15(16(19)20)14-9-5-7-12-6-3-4-8-13(12)14/h3-9,15,18H,2,10-11H2,1H3,(H,19,20). The molecule has 0 amide bonds. The molecule has 2 aromatic carbocycles. The minimum absolute atomic E-state index is 0.0532. The molecule has 0 aliphatic rings. The molecule has 0 heterocycles. The molecule has 0 bridgehead atoms. The van der Waals surface area contributed by atoms with Gasteiger partial charge in [-0.25, -0.2) is 0 Å². The fourth-order valence-electron chi connectivity index (χ4n) is 2.57. The lowest BCUT2D eigenvalue weighted by Gasteiger charge is -2.28. The van der Waals surface area contributed by atoms with E-state index in [0.717, 1.165) is 16.3 Å². The SMILES string of the molecule is CCN(CCO)C(C(=O)O)c1cccc2ccccc12. The van der Waals surface area contributed by atoms with E-state index in [1.165, 1.54) is 0 Å². The number of carboxylic acid groups (broad SMARTS) is 1. The molecule has 20 heavy (non-hydrogen) atoms. The van der Waals surface area contributed by atoms with E-state index < -0.39 is 12.0 Å². The van der Waals surface area contributed by atoms with Crippen LogP contribution in [0.4, 0.5) is 0 Å². The van der Waals surface area contributed by atoms with Crippen LogP contribution >= 0.6 is 0 Å². The highest BCUT2D eigenvalue weighted by Crippen LogP contribution is 2.28. The molecule has 2 rings (SSSR count). The molecule has 1 atom stereocenters. The topological polar surface area (TPSA) is 60.8 Å². The Morgan fingerprint density at radius 3 is 2.55 bits per heavy atom. The van der Waals surface area contributed by atoms with E-state index in [0.29, 0.717) is 13.1 Å². The summed E-state index contributed by atoms with van der Waals surface area (Å²) >= 11 is 0. The number of likely N-dealkylation sites (N-methyl/N-ethyl adjacent to an activating group) is 1. The van der Waals surface area contributed by atoms with Crippen LogP contribution in [0.5, 0.6) is 0 Å². The second-order valence-electron chi connectivity index (χ2n) is 4.66. The summed E-state index contributed by atoms with van der Waals surface area (Å²) in [7, 11) is 0. The van der Waals surface area contributed by atoms with Crippen molar-refractivity contribution in [1.29, 1.82) is 0 Å². The number of rotatable bonds is 6. The van der Waals surface area contributed by atoms with Crippen LogP contribution in [0.3, 0.4) is 0 Å². The van der Waals surface area contributed by atoms with E-state index in [1.54, 1.807) is 4.90 Å². The van der Waals surface area contributed by atoms with Gasteiger partial charge in [0.25, 0.3) is 0 Å². The Bertz CT molecular complexity index is 592. The van der Waals surface area contributed by atoms with Crippen molar-refractivity contribution in [3.05, 3.63) is 48.0 Å². The van der Waals surface area contributed by atoms with Gasteiger partial charge in [0, 0.05) is 6.54 Å². The van der Waals surface area contributed by atoms with Crippen molar-refractivity contribution in [3.8, 4) is 0 Å². The fourth-order valence-corrected chi connectivity index (χ4v) is 2.57. The number of nitrogens with zero attached hydrogens (tertiary/aromatic N) is 1. The minimum atomic E-state index is -0.892. The number of carboxylic acids is 1. The van der Waals surface area contributed by atoms with E-state index in [9.17, 15) is 9.90 Å². The highest BCUT2D eigenvalue weighted by Gasteiger charge is 2.27. The molecule has 0 saturated carbocycles. The number of benzene rings is 2. The van der Waals surface area contributed by atoms with Crippen LogP contribution in [0.25, 0.3) is 10.8 Å². The molecule has 0 fully saturated rings. The Labute approximate surface area is 118 Å². The highest BCUT2D eigenvalue weighted by molar-refractivity contribution is 5.90. The highest BCUT2D eigenvalue weighted by atomic mass is 16.4. The summed E-state index contributed by atoms with van der Waals surface area (Å²) in [5.74, 6) is -0.892. The van der Waals surface area contributed by atoms with Crippen molar-refractivity contribution in [3.63, 3.8) is 0 Å². The maximum absolute atomic E-state index is 11.7. The monoisotopic (exact) mass is 273 g/mol. The number of fused-ring (bicyclic) bond motifs is 1. The van der Waals surface area contributed by atoms with Gasteiger partial charge in [-0.2, -0.15) is 0 Å². The third-order valence-corrected chi connectivity index (χ3v) is 3.51. The van der Waals surface area contributed by atoms with Crippen molar-refractivity contribution in [2.45, 2.75) is 13.0 Å². The average molecular weight is 273 g/mol. The molecule has 2 N–H and O–H groups in total. The average Bonchev–Trinajstić information content (AvgIpc) is 2.46. The molecule has 106 valence electrons. The first-order valence-corrected chi connectivity index (χ1v) is 6.74. The summed E-state index contributed by atoms with van der Waals surface area (Å²) in [5, 5.41) is 20.7. The summed E-state index contributed by atoms with van der Waals surface area (Å²) in [4.78, 5) is 13.5. The van der Waals surface area contributed by atoms with Crippen LogP contribution in [0.15, 0.2) is 42.5 Å². The lowest BCUT2D eigenvalue weighted by Crippen LogP contribution is -2.36. The van der Waals surface area contributed by atoms with Gasteiger partial charge in [0.1, 0.15) is 6.04 Å². The Kier molecular flexibility index (Phi) is 4.71. The molecule has 4 heteroatoms. The molecular formula is C16H19NO3. The molecule has 0 spiro atoms. The van der Waals surface area contributed by atoms with Crippen molar-refractivity contribution < 1.29 is 15.0 Å². The normalized spacial score (nSPS) is 12.8. The molecule has 0 aromatic heterocycles. The summed E-state index contributed by atoms with van der Waals surface area (Å²) in [5.41, 5.74) is 0.769. The third kappa shape index (κ3) is 2.81. The summed E-state index contributed by atoms with van der Waals surface area (Å²) in [6, 6.07) is 12.7. The van der Waals surface area contributed by atoms with Gasteiger partial charge in [-0.1, -0.05) is 49.4 Å². The quantitative estimate of drug-likeness (QED) is 0.847. The molecule has 2 aromatic rings. The number of aliphatic carboxylic acids is 1. The lowest BCUT2D eigenvalue weighted by molar-refractivity contribution is -0.143. The summed E-state index contributed by atoms with van der Waals surface area (Å²) in [6.07, 6.45) is 0. The molecule has 0 aliphatic heterocycles. The van der Waals surface area contributed by atoms with E-state index >= 15 is 0 Å². The smallest absolute Gasteiger partial charge is 0.325 e. The maximum atomic E-state index is 11.7. The zero-order chi connectivity index (χ0) is 14.5. The predicted molar refractivity (Wildman–Crippen MR) is 78.7 cm³/mol. The largest absolute Gasteiger partial charge is 0.480 e. The molecule has 4 nitrogen and oxygen atoms in total. The van der Waals surface area contributed by atoms with Crippen molar-refractivity contribution in [2.75, 3.05) is 19.7 Å². The molecule has 0 saturated heterocycles. The third-order valence-electron chi connectivity index (χ3n) is 3.51. The predicted octanol–water partition coefficient (Wildman–Crippen LogP) is 2.28. The molecule has 0 radical (unpaired) electrons. The van der Waals surface area contributed by atoms with Crippen molar-refractivity contribution in [1.82, 2.24) is 4.90 Å². The zero-order valence-electron chi connectivity index (χ0n) is 11.5. The summed E-state index contributed by atoms with van der Waals surface area (Å²) in [6.45, 7) is 2.76. The first kappa shape index (κ1) is 14.5. The summed E-state index contributed by atoms with van der Waals surface area (Å²) < 4.78 is 0. The Morgan fingerprint density at radius 2 is 1.90 bits per heavy atom. The first-order valence-electron chi connectivity index (χ1n) is 6.74. The Morgan fingerprint density at radius 1 is 1.20 bits per heavy atom. The Balaban J connectivity index is 2.54. The minimum Gasteiger partial charge on any atom is -0.480 e. The van der Waals surface area contributed by atoms with Gasteiger partial charge in [-0.3, -0.25) is 9.69 Å². The van der Waals surface area contributed by atoms with Gasteiger partial charge in [-0.05, 0) is 22.9 Å². The molecule has 0 aliphatic carbocycles. The number of hydrogen-bond donors (Lipinski definition) is 2. The second-order valence-corrected chi connectivity index (χ2v) is 4.66. The zero-order valence-corrected chi connectivity index (χ0v) is 11.5. The number of hydrogen-bond acceptors (Lipinski definition) is 3. The number of aliphatic hydroxyl groups excluding tert-OH is 1. The van der Waals surface area contributed by atoms with E-state index in [-0.39, 0.29) is 6.61 Å². The molecule has 1 unspecified atom stereocenters. The van der Waals surface area contributed by atoms with Crippen LogP contribution in [-0.2, 0) is 4.79 Å². The van der Waals surface area contributed by atoms with Crippen molar-refractivity contribution >= 4 is 16.7 Å². The van der Waals surface area contributed by atoms with E-state index in [1.807, 2.05) is 49.4 Å². The van der Waals surface area contributed by atoms with Crippen LogP contribution < -0.4 is 0 Å². The van der Waals surface area contributed by atoms with Gasteiger partial charge in [0.05, 0.1) is 6.61 Å². The van der Waals surface area contributed by atoms with Gasteiger partial charge in [0.15, 0.2) is 0 Å².